The minimum Gasteiger partial charge on any atom is -0.480 e. The topological polar surface area (TPSA) is 151 Å². The van der Waals surface area contributed by atoms with Crippen LogP contribution < -0.4 is 21.7 Å². The number of hydrogen-bond donors (Lipinski definition) is 5. The van der Waals surface area contributed by atoms with E-state index in [0.717, 1.165) is 6.42 Å². The zero-order valence-electron chi connectivity index (χ0n) is 12.1. The summed E-state index contributed by atoms with van der Waals surface area (Å²) in [5.74, 6) is -2.30. The molecule has 0 saturated carbocycles. The second-order valence-electron chi connectivity index (χ2n) is 4.53. The monoisotopic (exact) mass is 302 g/mol. The van der Waals surface area contributed by atoms with Gasteiger partial charge < -0.3 is 26.8 Å². The van der Waals surface area contributed by atoms with Crippen molar-refractivity contribution < 1.29 is 24.3 Å². The minimum atomic E-state index is -1.28. The van der Waals surface area contributed by atoms with E-state index in [4.69, 9.17) is 10.8 Å². The molecule has 0 saturated heterocycles. The molecule has 0 aromatic rings. The summed E-state index contributed by atoms with van der Waals surface area (Å²) in [6, 6.07) is -2.85. The molecule has 0 spiro atoms. The molecule has 0 fully saturated rings. The molecule has 9 nitrogen and oxygen atoms in total. The van der Waals surface area contributed by atoms with Crippen LogP contribution >= 0.6 is 0 Å². The van der Waals surface area contributed by atoms with E-state index in [1.54, 1.807) is 0 Å². The molecule has 2 atom stereocenters. The van der Waals surface area contributed by atoms with Crippen LogP contribution in [-0.2, 0) is 14.4 Å². The van der Waals surface area contributed by atoms with Crippen LogP contribution in [0.25, 0.3) is 0 Å². The van der Waals surface area contributed by atoms with Gasteiger partial charge in [0, 0.05) is 13.0 Å². The summed E-state index contributed by atoms with van der Waals surface area (Å²) in [6.45, 7) is 3.86. The number of nitrogens with one attached hydrogen (secondary N) is 3. The van der Waals surface area contributed by atoms with Gasteiger partial charge in [-0.25, -0.2) is 9.59 Å². The van der Waals surface area contributed by atoms with Gasteiger partial charge in [-0.1, -0.05) is 6.92 Å². The van der Waals surface area contributed by atoms with Gasteiger partial charge in [0.15, 0.2) is 0 Å². The molecule has 0 radical (unpaired) electrons. The third kappa shape index (κ3) is 8.45. The fourth-order valence-corrected chi connectivity index (χ4v) is 1.41. The smallest absolute Gasteiger partial charge is 0.326 e. The normalized spacial score (nSPS) is 12.9. The first-order chi connectivity index (χ1) is 9.77. The van der Waals surface area contributed by atoms with Crippen LogP contribution in [0.4, 0.5) is 4.79 Å². The Hall–Kier alpha value is -2.32. The third-order valence-electron chi connectivity index (χ3n) is 2.57. The molecular weight excluding hydrogens is 280 g/mol. The Kier molecular flexibility index (Phi) is 8.51. The third-order valence-corrected chi connectivity index (χ3v) is 2.57. The van der Waals surface area contributed by atoms with Gasteiger partial charge in [0.2, 0.25) is 11.8 Å². The van der Waals surface area contributed by atoms with Crippen LogP contribution in [0.15, 0.2) is 0 Å². The maximum absolute atomic E-state index is 11.6. The van der Waals surface area contributed by atoms with E-state index in [-0.39, 0.29) is 18.7 Å². The molecule has 0 aliphatic rings. The molecule has 6 N–H and O–H groups in total. The Morgan fingerprint density at radius 3 is 2.29 bits per heavy atom. The molecule has 0 heterocycles. The van der Waals surface area contributed by atoms with Crippen molar-refractivity contribution >= 4 is 23.8 Å². The van der Waals surface area contributed by atoms with Gasteiger partial charge in [0.1, 0.15) is 12.1 Å². The number of carbonyl (C=O) groups excluding carboxylic acids is 3. The Bertz CT molecular complexity index is 399. The molecule has 4 amide bonds. The Morgan fingerprint density at radius 1 is 1.19 bits per heavy atom. The predicted octanol–water partition coefficient (Wildman–Crippen LogP) is -1.08. The summed E-state index contributed by atoms with van der Waals surface area (Å²) in [4.78, 5) is 44.7. The molecule has 0 aliphatic carbocycles. The van der Waals surface area contributed by atoms with Crippen molar-refractivity contribution in [2.75, 3.05) is 6.54 Å². The van der Waals surface area contributed by atoms with Crippen LogP contribution in [0, 0.1) is 0 Å². The van der Waals surface area contributed by atoms with E-state index in [1.165, 1.54) is 6.92 Å². The van der Waals surface area contributed by atoms with Crippen LogP contribution in [0.1, 0.15) is 33.1 Å². The summed E-state index contributed by atoms with van der Waals surface area (Å²) in [7, 11) is 0. The van der Waals surface area contributed by atoms with Crippen molar-refractivity contribution in [1.29, 1.82) is 0 Å². The summed E-state index contributed by atoms with van der Waals surface area (Å²) in [5.41, 5.74) is 4.93. The molecule has 9 heteroatoms. The molecule has 120 valence electrons. The Labute approximate surface area is 122 Å². The summed E-state index contributed by atoms with van der Waals surface area (Å²) < 4.78 is 0. The molecule has 0 aromatic heterocycles. The van der Waals surface area contributed by atoms with E-state index in [2.05, 4.69) is 16.0 Å². The molecule has 21 heavy (non-hydrogen) atoms. The van der Waals surface area contributed by atoms with Crippen LogP contribution in [0.5, 0.6) is 0 Å². The number of nitrogens with two attached hydrogens (primary N) is 1. The summed E-state index contributed by atoms with van der Waals surface area (Å²) in [5, 5.41) is 16.0. The number of urea groups is 1. The van der Waals surface area contributed by atoms with Crippen LogP contribution in [0.2, 0.25) is 0 Å². The minimum absolute atomic E-state index is 0.117. The first kappa shape index (κ1) is 18.7. The van der Waals surface area contributed by atoms with E-state index in [1.807, 2.05) is 6.92 Å². The highest BCUT2D eigenvalue weighted by Crippen LogP contribution is 1.97. The maximum Gasteiger partial charge on any atom is 0.326 e. The molecule has 1 unspecified atom stereocenters. The molecule has 0 bridgehead atoms. The van der Waals surface area contributed by atoms with Gasteiger partial charge in [-0.2, -0.15) is 0 Å². The van der Waals surface area contributed by atoms with Crippen LogP contribution in [0.3, 0.4) is 0 Å². The number of hydrogen-bond acceptors (Lipinski definition) is 4. The summed E-state index contributed by atoms with van der Waals surface area (Å²) >= 11 is 0. The lowest BCUT2D eigenvalue weighted by Gasteiger charge is -2.17. The predicted molar refractivity (Wildman–Crippen MR) is 74.3 cm³/mol. The van der Waals surface area contributed by atoms with Crippen molar-refractivity contribution in [3.05, 3.63) is 0 Å². The van der Waals surface area contributed by atoms with Crippen molar-refractivity contribution in [2.24, 2.45) is 5.73 Å². The van der Waals surface area contributed by atoms with E-state index in [0.29, 0.717) is 6.54 Å². The first-order valence-electron chi connectivity index (χ1n) is 6.63. The zero-order chi connectivity index (χ0) is 16.4. The van der Waals surface area contributed by atoms with E-state index < -0.39 is 30.0 Å². The number of rotatable bonds is 9. The highest BCUT2D eigenvalue weighted by atomic mass is 16.4. The Balaban J connectivity index is 4.33. The fourth-order valence-electron chi connectivity index (χ4n) is 1.41. The quantitative estimate of drug-likeness (QED) is 0.367. The van der Waals surface area contributed by atoms with Crippen molar-refractivity contribution in [3.8, 4) is 0 Å². The number of primary amides is 1. The van der Waals surface area contributed by atoms with Gasteiger partial charge in [-0.3, -0.25) is 9.59 Å². The second-order valence-corrected chi connectivity index (χ2v) is 4.53. The summed E-state index contributed by atoms with van der Waals surface area (Å²) in [6.07, 6.45) is 0.483. The zero-order valence-corrected chi connectivity index (χ0v) is 12.1. The lowest BCUT2D eigenvalue weighted by atomic mass is 10.1. The highest BCUT2D eigenvalue weighted by Gasteiger charge is 2.22. The number of aliphatic carboxylic acids is 1. The second kappa shape index (κ2) is 9.56. The number of carboxylic acid groups (broad SMARTS) is 1. The van der Waals surface area contributed by atoms with Gasteiger partial charge in [0.25, 0.3) is 0 Å². The number of carbonyl (C=O) groups is 4. The lowest BCUT2D eigenvalue weighted by molar-refractivity contribution is -0.139. The highest BCUT2D eigenvalue weighted by molar-refractivity contribution is 5.88. The van der Waals surface area contributed by atoms with Crippen molar-refractivity contribution in [2.45, 2.75) is 45.2 Å². The average Bonchev–Trinajstić information content (AvgIpc) is 2.39. The molecule has 0 aromatic carbocycles. The first-order valence-corrected chi connectivity index (χ1v) is 6.63. The Morgan fingerprint density at radius 2 is 1.81 bits per heavy atom. The van der Waals surface area contributed by atoms with Crippen molar-refractivity contribution in [3.63, 3.8) is 0 Å². The SMILES string of the molecule is CCCNC(=O)C(C)NC(=O)N[C@H](CCC(N)=O)C(=O)O. The largest absolute Gasteiger partial charge is 0.480 e. The van der Waals surface area contributed by atoms with E-state index in [9.17, 15) is 19.2 Å². The average molecular weight is 302 g/mol. The standard InChI is InChI=1S/C12H22N4O5/c1-3-6-14-10(18)7(2)15-12(21)16-8(11(19)20)4-5-9(13)17/h7-8H,3-6H2,1-2H3,(H2,13,17)(H,14,18)(H,19,20)(H2,15,16,21)/t7?,8-/m1/s1. The fraction of sp³-hybridized carbons (Fsp3) is 0.667. The van der Waals surface area contributed by atoms with Crippen molar-refractivity contribution in [1.82, 2.24) is 16.0 Å². The van der Waals surface area contributed by atoms with Gasteiger partial charge in [-0.05, 0) is 19.8 Å². The number of amides is 4. The molecule has 0 aliphatic heterocycles. The van der Waals surface area contributed by atoms with Gasteiger partial charge in [-0.15, -0.1) is 0 Å². The van der Waals surface area contributed by atoms with Crippen LogP contribution in [-0.4, -0.2) is 47.5 Å². The van der Waals surface area contributed by atoms with E-state index >= 15 is 0 Å². The molecular formula is C12H22N4O5. The maximum atomic E-state index is 11.6. The number of carboxylic acids is 1. The van der Waals surface area contributed by atoms with Gasteiger partial charge in [0.05, 0.1) is 0 Å². The molecule has 0 rings (SSSR count). The lowest BCUT2D eigenvalue weighted by Crippen LogP contribution is -2.52. The van der Waals surface area contributed by atoms with Gasteiger partial charge >= 0.3 is 12.0 Å².